The van der Waals surface area contributed by atoms with Crippen LogP contribution in [0.5, 0.6) is 0 Å². The summed E-state index contributed by atoms with van der Waals surface area (Å²) in [6.07, 6.45) is 14.3. The minimum atomic E-state index is -1.31. The highest BCUT2D eigenvalue weighted by Crippen LogP contribution is 2.15. The van der Waals surface area contributed by atoms with E-state index in [1.807, 2.05) is 109 Å². The predicted molar refractivity (Wildman–Crippen MR) is 449 cm³/mol. The average molecular weight is 1680 g/mol. The first-order valence-electron chi connectivity index (χ1n) is 35.8. The number of carboxylic acids is 5. The number of carbonyl (C=O) groups is 12. The number of halogens is 1. The van der Waals surface area contributed by atoms with Gasteiger partial charge in [0.2, 0.25) is 17.8 Å². The number of hydrogen-bond donors (Lipinski definition) is 9. The normalized spacial score (nSPS) is 10.5. The largest absolute Gasteiger partial charge is 0.481 e. The smallest absolute Gasteiger partial charge is 0.338 e. The quantitative estimate of drug-likeness (QED) is 0.00677. The third-order valence-electron chi connectivity index (χ3n) is 15.0. The molecule has 0 atom stereocenters. The molecule has 0 fully saturated rings. The van der Waals surface area contributed by atoms with E-state index in [1.54, 1.807) is 140 Å². The van der Waals surface area contributed by atoms with E-state index in [4.69, 9.17) is 45.5 Å². The van der Waals surface area contributed by atoms with Crippen LogP contribution in [0, 0.1) is 0 Å². The van der Waals surface area contributed by atoms with Gasteiger partial charge in [0, 0.05) is 74.3 Å². The zero-order chi connectivity index (χ0) is 86.2. The Hall–Kier alpha value is -15.6. The van der Waals surface area contributed by atoms with Crippen LogP contribution in [0.3, 0.4) is 0 Å². The van der Waals surface area contributed by atoms with Crippen LogP contribution in [-0.4, -0.2) is 137 Å². The van der Waals surface area contributed by atoms with Gasteiger partial charge in [-0.3, -0.25) is 44.4 Å². The second-order valence-electron chi connectivity index (χ2n) is 24.0. The van der Waals surface area contributed by atoms with Gasteiger partial charge in [0.1, 0.15) is 38.8 Å². The molecule has 0 saturated carbocycles. The highest BCUT2D eigenvalue weighted by Gasteiger charge is 2.13. The highest BCUT2D eigenvalue weighted by molar-refractivity contribution is 9.08. The number of amides is 2. The molecule has 10 N–H and O–H groups in total. The summed E-state index contributed by atoms with van der Waals surface area (Å²) in [5.41, 5.74) is 14.4. The molecule has 9 aromatic carbocycles. The molecule has 119 heavy (non-hydrogen) atoms. The van der Waals surface area contributed by atoms with Crippen molar-refractivity contribution in [3.05, 3.63) is 370 Å². The number of benzene rings is 9. The number of aromatic carboxylic acids is 2. The SMILES string of the molecule is BrCc1ccccc1.Nc1ncccn1.O=C(/C=C/c1ccc(C(=O)OCc2ccccc2)cc1)Nc1ncccn1.O=C(CCc1ccc(C(=O)O)cc1)NC1=NCCCN1.O=C(O)/C=C/c1ccc(C(=O)OCc2ccccc2)cc1.O=C(O)CC(=O)O.O=Cc1ccc(C(=O)O)cc1.O=Cc1ccc(C(=O)OCc2ccccc2)cc1.[HH]. The number of hydrogen-bond acceptors (Lipinski definition) is 22. The van der Waals surface area contributed by atoms with E-state index in [9.17, 15) is 57.5 Å². The van der Waals surface area contributed by atoms with Crippen LogP contribution in [0.2, 0.25) is 0 Å². The molecule has 2 aromatic heterocycles. The van der Waals surface area contributed by atoms with Crippen LogP contribution in [0.4, 0.5) is 11.9 Å². The van der Waals surface area contributed by atoms with Gasteiger partial charge in [-0.15, -0.1) is 0 Å². The van der Waals surface area contributed by atoms with Crippen LogP contribution >= 0.6 is 15.9 Å². The number of anilines is 2. The van der Waals surface area contributed by atoms with Crippen molar-refractivity contribution in [3.63, 3.8) is 0 Å². The van der Waals surface area contributed by atoms with Gasteiger partial charge in [-0.05, 0) is 137 Å². The number of nitrogens with two attached hydrogens (primary N) is 1. The molecule has 30 heteroatoms. The van der Waals surface area contributed by atoms with E-state index in [2.05, 4.69) is 68.9 Å². The van der Waals surface area contributed by atoms with E-state index in [0.717, 1.165) is 65.0 Å². The Bertz CT molecular complexity index is 5080. The number of nitrogen functional groups attached to an aromatic ring is 1. The Kier molecular flexibility index (Phi) is 43.4. The number of nitrogens with zero attached hydrogens (tertiary/aromatic N) is 5. The number of guanidine groups is 1. The fourth-order valence-corrected chi connectivity index (χ4v) is 9.40. The predicted octanol–water partition coefficient (Wildman–Crippen LogP) is 13.9. The number of carbonyl (C=O) groups excluding carboxylic acids is 7. The summed E-state index contributed by atoms with van der Waals surface area (Å²) < 4.78 is 15.6. The van der Waals surface area contributed by atoms with E-state index in [1.165, 1.54) is 42.0 Å². The lowest BCUT2D eigenvalue weighted by Gasteiger charge is -2.14. The lowest BCUT2D eigenvalue weighted by atomic mass is 10.1. The Morgan fingerprint density at radius 1 is 0.429 bits per heavy atom. The highest BCUT2D eigenvalue weighted by atomic mass is 79.9. The van der Waals surface area contributed by atoms with Crippen molar-refractivity contribution in [2.45, 2.75) is 50.8 Å². The van der Waals surface area contributed by atoms with Crippen molar-refractivity contribution >= 4 is 118 Å². The Morgan fingerprint density at radius 3 is 1.11 bits per heavy atom. The monoisotopic (exact) mass is 1680 g/mol. The maximum atomic E-state index is 12.1. The van der Waals surface area contributed by atoms with Gasteiger partial charge in [-0.25, -0.2) is 48.7 Å². The van der Waals surface area contributed by atoms with Crippen LogP contribution in [0.1, 0.15) is 132 Å². The van der Waals surface area contributed by atoms with Gasteiger partial charge >= 0.3 is 47.8 Å². The van der Waals surface area contributed by atoms with Gasteiger partial charge in [-0.1, -0.05) is 198 Å². The first-order chi connectivity index (χ1) is 57.5. The van der Waals surface area contributed by atoms with Crippen molar-refractivity contribution < 1.29 is 98.7 Å². The molecule has 0 spiro atoms. The molecule has 2 amide bonds. The fraction of sp³-hybridized carbons (Fsp3) is 0.112. The summed E-state index contributed by atoms with van der Waals surface area (Å²) >= 11 is 3.36. The first-order valence-corrected chi connectivity index (χ1v) is 36.9. The van der Waals surface area contributed by atoms with Gasteiger partial charge in [0.05, 0.1) is 27.8 Å². The standard InChI is InChI=1S/C21H17N3O3.C17H14O4.C15H12O3.C14H17N3O3.C8H6O3.C7H7Br.C4H5N3.C3H4O4.H2/c25-19(24-21-22-13-4-14-23-21)12-9-16-7-10-18(11-8-16)20(26)27-15-17-5-2-1-3-6-17;18-16(19)11-8-13-6-9-15(10-7-13)17(20)21-12-14-4-2-1-3-5-14;16-10-12-6-8-14(9-7-12)15(17)18-11-13-4-2-1-3-5-13;18-12(17-14-15-8-1-9-16-14)7-4-10-2-5-11(6-3-10)13(19)20;9-5-6-1-3-7(4-2-6)8(10)11;8-6-7-4-2-1-3-5-7;5-4-6-2-1-3-7-4;4-2(5)1-3(6)7;/h1-14H,15H2,(H,22,23,24,25);1-11H,12H2,(H,18,19);1-10H,11H2;2-3,5-6H,1,4,7-9H2,(H,19,20)(H2,15,16,17,18);1-5H,(H,10,11);1-5H,6H2;1-3H,(H2,5,6,7);1H2,(H,4,5)(H,6,7);1H/b12-9+;11-8+;;;;;;;. The number of ether oxygens (including phenoxy) is 3. The summed E-state index contributed by atoms with van der Waals surface area (Å²) in [5.74, 6) is -6.10. The zero-order valence-corrected chi connectivity index (χ0v) is 65.2. The van der Waals surface area contributed by atoms with Gasteiger partial charge in [-0.2, -0.15) is 0 Å². The average Bonchev–Trinajstić information content (AvgIpc) is 0.885. The minimum absolute atomic E-state index is 0. The lowest BCUT2D eigenvalue weighted by Crippen LogP contribution is -2.43. The number of esters is 3. The fourth-order valence-electron chi connectivity index (χ4n) is 9.03. The molecular formula is C89H84BrN9O20. The summed E-state index contributed by atoms with van der Waals surface area (Å²) in [6.45, 7) is 2.26. The third-order valence-corrected chi connectivity index (χ3v) is 15.7. The molecule has 0 saturated heterocycles. The van der Waals surface area contributed by atoms with Gasteiger partial charge < -0.3 is 50.8 Å². The number of aromatic nitrogens is 4. The molecule has 0 bridgehead atoms. The summed E-state index contributed by atoms with van der Waals surface area (Å²) in [6, 6.07) is 74.0. The van der Waals surface area contributed by atoms with E-state index >= 15 is 0 Å². The van der Waals surface area contributed by atoms with Crippen LogP contribution in [0.25, 0.3) is 12.2 Å². The number of aryl methyl sites for hydroxylation is 1. The Labute approximate surface area is 693 Å². The topological polar surface area (TPSA) is 460 Å². The number of rotatable bonds is 24. The first kappa shape index (κ1) is 94.0. The van der Waals surface area contributed by atoms with E-state index in [0.29, 0.717) is 64.4 Å². The van der Waals surface area contributed by atoms with Crippen LogP contribution in [-0.2, 0) is 69.8 Å². The Balaban J connectivity index is 0.000000300. The number of aliphatic imine (C=N–C) groups is 1. The summed E-state index contributed by atoms with van der Waals surface area (Å²) in [4.78, 5) is 149. The van der Waals surface area contributed by atoms with Crippen molar-refractivity contribution in [2.24, 2.45) is 4.99 Å². The maximum Gasteiger partial charge on any atom is 0.338 e. The number of nitrogens with one attached hydrogen (secondary N) is 3. The van der Waals surface area contributed by atoms with E-state index in [-0.39, 0.29) is 50.1 Å². The number of aliphatic carboxylic acids is 3. The van der Waals surface area contributed by atoms with Gasteiger partial charge in [0.25, 0.3) is 5.91 Å². The van der Waals surface area contributed by atoms with Crippen LogP contribution < -0.4 is 21.7 Å². The molecule has 3 heterocycles. The molecule has 612 valence electrons. The molecule has 0 unspecified atom stereocenters. The molecule has 29 nitrogen and oxygen atoms in total. The van der Waals surface area contributed by atoms with Crippen molar-refractivity contribution in [1.82, 2.24) is 30.6 Å². The summed E-state index contributed by atoms with van der Waals surface area (Å²) in [5, 5.41) is 50.4. The van der Waals surface area contributed by atoms with Crippen LogP contribution in [0.15, 0.2) is 297 Å². The molecule has 1 aliphatic rings. The second-order valence-corrected chi connectivity index (χ2v) is 24.6. The molecular weight excluding hydrogens is 1590 g/mol. The van der Waals surface area contributed by atoms with Crippen molar-refractivity contribution in [3.8, 4) is 0 Å². The minimum Gasteiger partial charge on any atom is -0.481 e. The number of aldehydes is 2. The molecule has 0 aliphatic carbocycles. The van der Waals surface area contributed by atoms with Crippen molar-refractivity contribution in [2.75, 3.05) is 24.1 Å². The lowest BCUT2D eigenvalue weighted by molar-refractivity contribution is -0.147. The maximum absolute atomic E-state index is 12.1. The Morgan fingerprint density at radius 2 is 0.790 bits per heavy atom. The zero-order valence-electron chi connectivity index (χ0n) is 63.6. The second kappa shape index (κ2) is 55.0. The molecule has 11 aromatic rings. The third kappa shape index (κ3) is 41.1. The van der Waals surface area contributed by atoms with Crippen molar-refractivity contribution in [1.29, 1.82) is 0 Å². The summed E-state index contributed by atoms with van der Waals surface area (Å²) in [7, 11) is 0. The van der Waals surface area contributed by atoms with Gasteiger partial charge in [0.15, 0.2) is 5.96 Å². The number of alkyl halides is 1. The van der Waals surface area contributed by atoms with E-state index < -0.39 is 54.2 Å². The molecule has 0 radical (unpaired) electrons. The molecule has 1 aliphatic heterocycles. The molecule has 12 rings (SSSR count). The number of carboxylic acid groups (broad SMARTS) is 5.